The van der Waals surface area contributed by atoms with Gasteiger partial charge in [0, 0.05) is 11.8 Å². The van der Waals surface area contributed by atoms with E-state index in [0.717, 1.165) is 12.3 Å². The lowest BCUT2D eigenvalue weighted by atomic mass is 10.3. The monoisotopic (exact) mass is 191 g/mol. The van der Waals surface area contributed by atoms with Gasteiger partial charge in [-0.2, -0.15) is 11.8 Å². The second-order valence-electron chi connectivity index (χ2n) is 2.87. The van der Waals surface area contributed by atoms with Crippen molar-refractivity contribution in [1.82, 2.24) is 5.32 Å². The highest BCUT2D eigenvalue weighted by Crippen LogP contribution is 2.05. The highest BCUT2D eigenvalue weighted by molar-refractivity contribution is 7.99. The first kappa shape index (κ1) is 12.3. The van der Waals surface area contributed by atoms with Gasteiger partial charge in [-0.25, -0.2) is 0 Å². The second kappa shape index (κ2) is 9.36. The summed E-state index contributed by atoms with van der Waals surface area (Å²) < 4.78 is 0. The zero-order valence-corrected chi connectivity index (χ0v) is 8.99. The third-order valence-electron chi connectivity index (χ3n) is 1.67. The number of nitrogens with one attached hydrogen (secondary N) is 1. The van der Waals surface area contributed by atoms with Crippen molar-refractivity contribution in [2.45, 2.75) is 32.7 Å². The van der Waals surface area contributed by atoms with Crippen LogP contribution in [0.25, 0.3) is 0 Å². The Hall–Kier alpha value is 0.270. The molecule has 0 saturated heterocycles. The number of aliphatic hydroxyl groups excluding tert-OH is 1. The molecule has 0 fully saturated rings. The molecule has 0 aliphatic rings. The van der Waals surface area contributed by atoms with Crippen molar-refractivity contribution < 1.29 is 5.11 Å². The van der Waals surface area contributed by atoms with E-state index in [-0.39, 0.29) is 12.6 Å². The van der Waals surface area contributed by atoms with Gasteiger partial charge in [-0.1, -0.05) is 20.3 Å². The standard InChI is InChI=1S/C9H21NOS/c1-3-5-6-12-8-9(7-11)10-4-2/h9-11H,3-8H2,1-2H3. The molecule has 0 bridgehead atoms. The Morgan fingerprint density at radius 2 is 2.17 bits per heavy atom. The predicted molar refractivity (Wildman–Crippen MR) is 56.8 cm³/mol. The number of rotatable bonds is 8. The second-order valence-corrected chi connectivity index (χ2v) is 4.02. The first-order valence-corrected chi connectivity index (χ1v) is 5.92. The number of hydrogen-bond donors (Lipinski definition) is 2. The van der Waals surface area contributed by atoms with Crippen LogP contribution in [0.2, 0.25) is 0 Å². The molecule has 0 aromatic carbocycles. The van der Waals surface area contributed by atoms with Gasteiger partial charge < -0.3 is 10.4 Å². The maximum atomic E-state index is 8.94. The third kappa shape index (κ3) is 6.95. The maximum Gasteiger partial charge on any atom is 0.0592 e. The van der Waals surface area contributed by atoms with Crippen LogP contribution >= 0.6 is 11.8 Å². The summed E-state index contributed by atoms with van der Waals surface area (Å²) >= 11 is 1.93. The number of unbranched alkanes of at least 4 members (excludes halogenated alkanes) is 1. The van der Waals surface area contributed by atoms with E-state index in [4.69, 9.17) is 5.11 Å². The normalized spacial score (nSPS) is 13.2. The number of thioether (sulfide) groups is 1. The summed E-state index contributed by atoms with van der Waals surface area (Å²) in [6.07, 6.45) is 2.55. The third-order valence-corrected chi connectivity index (χ3v) is 2.89. The van der Waals surface area contributed by atoms with E-state index in [2.05, 4.69) is 19.2 Å². The number of aliphatic hydroxyl groups is 1. The summed E-state index contributed by atoms with van der Waals surface area (Å²) in [6.45, 7) is 5.47. The Balaban J connectivity index is 3.19. The van der Waals surface area contributed by atoms with Crippen molar-refractivity contribution in [1.29, 1.82) is 0 Å². The Labute approximate surface area is 80.1 Å². The van der Waals surface area contributed by atoms with E-state index in [9.17, 15) is 0 Å². The van der Waals surface area contributed by atoms with Gasteiger partial charge in [0.1, 0.15) is 0 Å². The van der Waals surface area contributed by atoms with Gasteiger partial charge in [-0.15, -0.1) is 0 Å². The van der Waals surface area contributed by atoms with Crippen LogP contribution < -0.4 is 5.32 Å². The van der Waals surface area contributed by atoms with Gasteiger partial charge in [0.05, 0.1) is 6.61 Å². The molecule has 0 rings (SSSR count). The van der Waals surface area contributed by atoms with Gasteiger partial charge >= 0.3 is 0 Å². The number of hydrogen-bond acceptors (Lipinski definition) is 3. The van der Waals surface area contributed by atoms with Crippen molar-refractivity contribution in [3.05, 3.63) is 0 Å². The Morgan fingerprint density at radius 1 is 1.42 bits per heavy atom. The van der Waals surface area contributed by atoms with Crippen LogP contribution in [-0.4, -0.2) is 35.8 Å². The first-order valence-electron chi connectivity index (χ1n) is 4.77. The van der Waals surface area contributed by atoms with E-state index in [1.165, 1.54) is 18.6 Å². The molecule has 1 atom stereocenters. The first-order chi connectivity index (χ1) is 5.85. The quantitative estimate of drug-likeness (QED) is 0.570. The van der Waals surface area contributed by atoms with Crippen LogP contribution in [0, 0.1) is 0 Å². The summed E-state index contributed by atoms with van der Waals surface area (Å²) in [6, 6.07) is 0.289. The Morgan fingerprint density at radius 3 is 2.67 bits per heavy atom. The van der Waals surface area contributed by atoms with Crippen molar-refractivity contribution in [2.75, 3.05) is 24.7 Å². The molecular formula is C9H21NOS. The van der Waals surface area contributed by atoms with Gasteiger partial charge in [0.2, 0.25) is 0 Å². The highest BCUT2D eigenvalue weighted by atomic mass is 32.2. The molecule has 1 unspecified atom stereocenters. The zero-order chi connectivity index (χ0) is 9.23. The zero-order valence-electron chi connectivity index (χ0n) is 8.18. The summed E-state index contributed by atoms with van der Waals surface area (Å²) in [7, 11) is 0. The van der Waals surface area contributed by atoms with Crippen LogP contribution in [-0.2, 0) is 0 Å². The lowest BCUT2D eigenvalue weighted by Crippen LogP contribution is -2.34. The van der Waals surface area contributed by atoms with E-state index < -0.39 is 0 Å². The average Bonchev–Trinajstić information content (AvgIpc) is 2.10. The van der Waals surface area contributed by atoms with Crippen LogP contribution in [0.15, 0.2) is 0 Å². The topological polar surface area (TPSA) is 32.3 Å². The Kier molecular flexibility index (Phi) is 9.57. The van der Waals surface area contributed by atoms with Crippen LogP contribution in [0.1, 0.15) is 26.7 Å². The molecule has 2 nitrogen and oxygen atoms in total. The van der Waals surface area contributed by atoms with Crippen LogP contribution in [0.3, 0.4) is 0 Å². The van der Waals surface area contributed by atoms with E-state index >= 15 is 0 Å². The minimum Gasteiger partial charge on any atom is -0.395 e. The van der Waals surface area contributed by atoms with Crippen molar-refractivity contribution in [3.63, 3.8) is 0 Å². The minimum atomic E-state index is 0.257. The SMILES string of the molecule is CCCCSCC(CO)NCC. The molecule has 0 aliphatic carbocycles. The lowest BCUT2D eigenvalue weighted by molar-refractivity contribution is 0.255. The summed E-state index contributed by atoms with van der Waals surface area (Å²) in [4.78, 5) is 0. The van der Waals surface area contributed by atoms with Crippen molar-refractivity contribution in [3.8, 4) is 0 Å². The molecule has 0 spiro atoms. The van der Waals surface area contributed by atoms with Gasteiger partial charge in [-0.3, -0.25) is 0 Å². The molecule has 0 amide bonds. The maximum absolute atomic E-state index is 8.94. The molecule has 0 aromatic heterocycles. The lowest BCUT2D eigenvalue weighted by Gasteiger charge is -2.13. The van der Waals surface area contributed by atoms with Gasteiger partial charge in [0.15, 0.2) is 0 Å². The highest BCUT2D eigenvalue weighted by Gasteiger charge is 2.03. The summed E-state index contributed by atoms with van der Waals surface area (Å²) in [5.74, 6) is 2.25. The van der Waals surface area contributed by atoms with Crippen molar-refractivity contribution >= 4 is 11.8 Å². The fourth-order valence-corrected chi connectivity index (χ4v) is 2.10. The largest absolute Gasteiger partial charge is 0.395 e. The number of likely N-dealkylation sites (N-methyl/N-ethyl adjacent to an activating group) is 1. The Bertz CT molecular complexity index is 90.6. The van der Waals surface area contributed by atoms with Gasteiger partial charge in [0.25, 0.3) is 0 Å². The molecular weight excluding hydrogens is 170 g/mol. The van der Waals surface area contributed by atoms with Gasteiger partial charge in [-0.05, 0) is 18.7 Å². The molecule has 3 heteroatoms. The average molecular weight is 191 g/mol. The minimum absolute atomic E-state index is 0.257. The smallest absolute Gasteiger partial charge is 0.0592 e. The molecule has 0 saturated carbocycles. The summed E-state index contributed by atoms with van der Waals surface area (Å²) in [5, 5.41) is 12.2. The van der Waals surface area contributed by atoms with Crippen molar-refractivity contribution in [2.24, 2.45) is 0 Å². The molecule has 12 heavy (non-hydrogen) atoms. The molecule has 0 radical (unpaired) electrons. The molecule has 74 valence electrons. The fourth-order valence-electron chi connectivity index (χ4n) is 0.937. The van der Waals surface area contributed by atoms with Crippen LogP contribution in [0.5, 0.6) is 0 Å². The fraction of sp³-hybridized carbons (Fsp3) is 1.00. The van der Waals surface area contributed by atoms with E-state index in [0.29, 0.717) is 0 Å². The molecule has 0 aliphatic heterocycles. The molecule has 0 aromatic rings. The predicted octanol–water partition coefficient (Wildman–Crippen LogP) is 1.49. The molecule has 0 heterocycles. The molecule has 2 N–H and O–H groups in total. The van der Waals surface area contributed by atoms with Crippen LogP contribution in [0.4, 0.5) is 0 Å². The van der Waals surface area contributed by atoms with E-state index in [1.54, 1.807) is 0 Å². The van der Waals surface area contributed by atoms with E-state index in [1.807, 2.05) is 11.8 Å². The summed E-state index contributed by atoms with van der Waals surface area (Å²) in [5.41, 5.74) is 0.